The summed E-state index contributed by atoms with van der Waals surface area (Å²) in [5.41, 5.74) is -0.393. The van der Waals surface area contributed by atoms with Crippen molar-refractivity contribution in [2.24, 2.45) is 7.05 Å². The molecule has 2 aromatic carbocycles. The second kappa shape index (κ2) is 4.45. The molecular formula is C15H13NO6. The van der Waals surface area contributed by atoms with Crippen LogP contribution < -0.4 is 10.2 Å². The molecule has 114 valence electrons. The molecule has 0 amide bonds. The van der Waals surface area contributed by atoms with Crippen molar-refractivity contribution in [3.8, 4) is 28.7 Å². The Morgan fingerprint density at radius 1 is 1.00 bits per heavy atom. The highest BCUT2D eigenvalue weighted by Gasteiger charge is 2.21. The molecule has 0 aliphatic rings. The van der Waals surface area contributed by atoms with Crippen LogP contribution in [-0.4, -0.2) is 32.1 Å². The zero-order chi connectivity index (χ0) is 16.2. The summed E-state index contributed by atoms with van der Waals surface area (Å²) in [5.74, 6) is -1.45. The first-order valence-electron chi connectivity index (χ1n) is 6.34. The quantitative estimate of drug-likeness (QED) is 0.400. The number of nitrogens with zero attached hydrogens (tertiary/aromatic N) is 1. The van der Waals surface area contributed by atoms with Crippen LogP contribution in [0, 0.1) is 0 Å². The van der Waals surface area contributed by atoms with Gasteiger partial charge in [-0.1, -0.05) is 0 Å². The van der Waals surface area contributed by atoms with Crippen molar-refractivity contribution in [2.75, 3.05) is 7.11 Å². The van der Waals surface area contributed by atoms with Crippen LogP contribution in [0.25, 0.3) is 21.8 Å². The summed E-state index contributed by atoms with van der Waals surface area (Å²) >= 11 is 0. The van der Waals surface area contributed by atoms with E-state index in [9.17, 15) is 25.2 Å². The first-order chi connectivity index (χ1) is 10.4. The molecule has 0 bridgehead atoms. The number of rotatable bonds is 1. The highest BCUT2D eigenvalue weighted by Crippen LogP contribution is 2.41. The molecule has 0 unspecified atom stereocenters. The minimum Gasteiger partial charge on any atom is -0.508 e. The molecule has 0 saturated heterocycles. The Morgan fingerprint density at radius 3 is 2.32 bits per heavy atom. The van der Waals surface area contributed by atoms with Gasteiger partial charge in [-0.25, -0.2) is 0 Å². The average molecular weight is 303 g/mol. The number of aromatic nitrogens is 1. The minimum absolute atomic E-state index is 0.0235. The smallest absolute Gasteiger partial charge is 0.201 e. The number of aromatic hydroxyl groups is 4. The number of fused-ring (bicyclic) bond motifs is 2. The molecule has 1 heterocycles. The molecule has 0 atom stereocenters. The summed E-state index contributed by atoms with van der Waals surface area (Å²) in [6.45, 7) is 0. The van der Waals surface area contributed by atoms with Crippen molar-refractivity contribution < 1.29 is 25.2 Å². The van der Waals surface area contributed by atoms with Crippen molar-refractivity contribution >= 4 is 21.8 Å². The van der Waals surface area contributed by atoms with Crippen LogP contribution in [0.1, 0.15) is 0 Å². The van der Waals surface area contributed by atoms with Crippen LogP contribution in [0.15, 0.2) is 23.0 Å². The summed E-state index contributed by atoms with van der Waals surface area (Å²) < 4.78 is 6.46. The molecule has 3 rings (SSSR count). The van der Waals surface area contributed by atoms with Crippen molar-refractivity contribution in [1.29, 1.82) is 0 Å². The van der Waals surface area contributed by atoms with Crippen molar-refractivity contribution in [1.82, 2.24) is 4.57 Å². The van der Waals surface area contributed by atoms with Gasteiger partial charge in [-0.2, -0.15) is 0 Å². The largest absolute Gasteiger partial charge is 0.508 e. The molecule has 7 nitrogen and oxygen atoms in total. The number of phenolic OH excluding ortho intramolecular Hbond substituents is 4. The zero-order valence-electron chi connectivity index (χ0n) is 11.8. The lowest BCUT2D eigenvalue weighted by Crippen LogP contribution is -2.10. The van der Waals surface area contributed by atoms with E-state index in [1.54, 1.807) is 0 Å². The summed E-state index contributed by atoms with van der Waals surface area (Å²) in [6.07, 6.45) is 0. The van der Waals surface area contributed by atoms with Gasteiger partial charge in [0.15, 0.2) is 11.5 Å². The molecule has 3 aromatic rings. The predicted molar refractivity (Wildman–Crippen MR) is 79.9 cm³/mol. The third-order valence-corrected chi connectivity index (χ3v) is 3.65. The van der Waals surface area contributed by atoms with E-state index >= 15 is 0 Å². The monoisotopic (exact) mass is 303 g/mol. The van der Waals surface area contributed by atoms with Crippen LogP contribution in [-0.2, 0) is 7.05 Å². The van der Waals surface area contributed by atoms with Crippen molar-refractivity contribution in [3.05, 3.63) is 28.4 Å². The normalized spacial score (nSPS) is 11.2. The van der Waals surface area contributed by atoms with E-state index in [1.807, 2.05) is 0 Å². The summed E-state index contributed by atoms with van der Waals surface area (Å²) in [7, 11) is 2.84. The Morgan fingerprint density at radius 2 is 1.68 bits per heavy atom. The summed E-state index contributed by atoms with van der Waals surface area (Å²) in [5, 5.41) is 39.6. The van der Waals surface area contributed by atoms with E-state index in [2.05, 4.69) is 0 Å². The van der Waals surface area contributed by atoms with Crippen LogP contribution in [0.5, 0.6) is 28.7 Å². The number of ether oxygens (including phenoxy) is 1. The van der Waals surface area contributed by atoms with Gasteiger partial charge in [-0.15, -0.1) is 0 Å². The van der Waals surface area contributed by atoms with Crippen molar-refractivity contribution in [2.45, 2.75) is 0 Å². The van der Waals surface area contributed by atoms with E-state index in [0.717, 1.165) is 12.1 Å². The lowest BCUT2D eigenvalue weighted by atomic mass is 10.1. The van der Waals surface area contributed by atoms with Crippen LogP contribution in [0.4, 0.5) is 0 Å². The van der Waals surface area contributed by atoms with Gasteiger partial charge in [0.25, 0.3) is 0 Å². The van der Waals surface area contributed by atoms with Crippen LogP contribution in [0.3, 0.4) is 0 Å². The second-order valence-electron chi connectivity index (χ2n) is 4.92. The molecule has 1 aromatic heterocycles. The van der Waals surface area contributed by atoms with E-state index < -0.39 is 16.9 Å². The fraction of sp³-hybridized carbons (Fsp3) is 0.133. The lowest BCUT2D eigenvalue weighted by Gasteiger charge is -2.15. The maximum atomic E-state index is 12.7. The highest BCUT2D eigenvalue weighted by atomic mass is 16.5. The van der Waals surface area contributed by atoms with Gasteiger partial charge in [0.2, 0.25) is 5.43 Å². The lowest BCUT2D eigenvalue weighted by molar-refractivity contribution is 0.391. The number of aryl methyl sites for hydroxylation is 1. The third-order valence-electron chi connectivity index (χ3n) is 3.65. The molecule has 0 saturated carbocycles. The van der Waals surface area contributed by atoms with Gasteiger partial charge in [-0.3, -0.25) is 4.79 Å². The third kappa shape index (κ3) is 1.65. The maximum Gasteiger partial charge on any atom is 0.201 e. The Balaban J connectivity index is 2.75. The van der Waals surface area contributed by atoms with Gasteiger partial charge in [0, 0.05) is 19.2 Å². The Bertz CT molecular complexity index is 989. The first-order valence-corrected chi connectivity index (χ1v) is 6.34. The van der Waals surface area contributed by atoms with Crippen LogP contribution >= 0.6 is 0 Å². The topological polar surface area (TPSA) is 112 Å². The molecule has 4 N–H and O–H groups in total. The molecular weight excluding hydrogens is 290 g/mol. The maximum absolute atomic E-state index is 12.7. The van der Waals surface area contributed by atoms with Gasteiger partial charge in [-0.05, 0) is 6.07 Å². The first kappa shape index (κ1) is 13.9. The number of benzene rings is 2. The molecule has 0 aliphatic carbocycles. The Hall–Kier alpha value is -3.09. The number of hydrogen-bond acceptors (Lipinski definition) is 6. The Kier molecular flexibility index (Phi) is 2.81. The molecule has 0 radical (unpaired) electrons. The molecule has 22 heavy (non-hydrogen) atoms. The fourth-order valence-corrected chi connectivity index (χ4v) is 2.70. The number of hydrogen-bond donors (Lipinski definition) is 4. The standard InChI is InChI=1S/C15H13NO6/c1-16-12-7(3-6(17)4-8(12)18)14(20)11-10(22-2)5-9(19)15(21)13(11)16/h3-5,17-19,21H,1-2H3. The number of methoxy groups -OCH3 is 1. The molecule has 7 heteroatoms. The van der Waals surface area contributed by atoms with E-state index in [4.69, 9.17) is 4.74 Å². The SMILES string of the molecule is COc1cc(O)c(O)c2c1c(=O)c1cc(O)cc(O)c1n2C. The van der Waals surface area contributed by atoms with E-state index in [1.165, 1.54) is 24.8 Å². The molecule has 0 spiro atoms. The molecule has 0 aliphatic heterocycles. The fourth-order valence-electron chi connectivity index (χ4n) is 2.70. The van der Waals surface area contributed by atoms with Gasteiger partial charge >= 0.3 is 0 Å². The number of pyridine rings is 1. The molecule has 0 fully saturated rings. The minimum atomic E-state index is -0.540. The van der Waals surface area contributed by atoms with Gasteiger partial charge in [0.05, 0.1) is 23.4 Å². The predicted octanol–water partition coefficient (Wildman–Crippen LogP) is 1.52. The van der Waals surface area contributed by atoms with Gasteiger partial charge in [0.1, 0.15) is 22.8 Å². The zero-order valence-corrected chi connectivity index (χ0v) is 11.8. The van der Waals surface area contributed by atoms with Crippen molar-refractivity contribution in [3.63, 3.8) is 0 Å². The summed E-state index contributed by atoms with van der Waals surface area (Å²) in [4.78, 5) is 12.7. The summed E-state index contributed by atoms with van der Waals surface area (Å²) in [6, 6.07) is 3.44. The number of phenols is 4. The Labute approximate surface area is 123 Å². The van der Waals surface area contributed by atoms with Crippen LogP contribution in [0.2, 0.25) is 0 Å². The van der Waals surface area contributed by atoms with E-state index in [-0.39, 0.29) is 39.1 Å². The second-order valence-corrected chi connectivity index (χ2v) is 4.92. The van der Waals surface area contributed by atoms with E-state index in [0.29, 0.717) is 0 Å². The highest BCUT2D eigenvalue weighted by molar-refractivity contribution is 6.02. The average Bonchev–Trinajstić information content (AvgIpc) is 2.46. The van der Waals surface area contributed by atoms with Gasteiger partial charge < -0.3 is 29.7 Å².